The van der Waals surface area contributed by atoms with Crippen LogP contribution in [0.4, 0.5) is 5.95 Å². The Bertz CT molecular complexity index is 1410. The maximum absolute atomic E-state index is 13.2. The number of nitriles is 1. The Kier molecular flexibility index (Phi) is 7.36. The minimum absolute atomic E-state index is 0.0131. The summed E-state index contributed by atoms with van der Waals surface area (Å²) in [6, 6.07) is 12.4. The van der Waals surface area contributed by atoms with Gasteiger partial charge in [0.1, 0.15) is 16.0 Å². The second kappa shape index (κ2) is 10.3. The fraction of sp³-hybridized carbons (Fsp3) is 0.429. The van der Waals surface area contributed by atoms with Gasteiger partial charge in [-0.1, -0.05) is 47.5 Å². The molecule has 1 saturated heterocycles. The maximum atomic E-state index is 13.2. The molecule has 1 spiro atoms. The Balaban J connectivity index is 1.42. The van der Waals surface area contributed by atoms with Gasteiger partial charge in [-0.05, 0) is 64.2 Å². The average molecular weight is 570 g/mol. The van der Waals surface area contributed by atoms with E-state index in [0.29, 0.717) is 22.8 Å². The van der Waals surface area contributed by atoms with E-state index in [0.717, 1.165) is 32.4 Å². The zero-order valence-electron chi connectivity index (χ0n) is 21.9. The highest BCUT2D eigenvalue weighted by Crippen LogP contribution is 2.53. The first-order chi connectivity index (χ1) is 18.0. The van der Waals surface area contributed by atoms with Crippen LogP contribution in [-0.2, 0) is 17.8 Å². The van der Waals surface area contributed by atoms with E-state index >= 15 is 0 Å². The van der Waals surface area contributed by atoms with Gasteiger partial charge in [0.25, 0.3) is 0 Å². The normalized spacial score (nSPS) is 19.3. The summed E-state index contributed by atoms with van der Waals surface area (Å²) in [5.74, 6) is 0.534. The molecule has 1 aliphatic heterocycles. The summed E-state index contributed by atoms with van der Waals surface area (Å²) in [7, 11) is 0. The van der Waals surface area contributed by atoms with Crippen molar-refractivity contribution in [2.45, 2.75) is 57.7 Å². The third kappa shape index (κ3) is 4.87. The minimum atomic E-state index is -1.19. The van der Waals surface area contributed by atoms with Gasteiger partial charge in [0.05, 0.1) is 16.8 Å². The summed E-state index contributed by atoms with van der Waals surface area (Å²) in [5.41, 5.74) is 4.59. The van der Waals surface area contributed by atoms with Crippen molar-refractivity contribution in [3.63, 3.8) is 0 Å². The summed E-state index contributed by atoms with van der Waals surface area (Å²) >= 11 is 11.3. The van der Waals surface area contributed by atoms with Crippen LogP contribution >= 0.6 is 23.2 Å². The first-order valence-corrected chi connectivity index (χ1v) is 14.5. The fourth-order valence-corrected chi connectivity index (χ4v) is 6.90. The molecule has 1 aliphatic carbocycles. The predicted molar refractivity (Wildman–Crippen MR) is 153 cm³/mol. The molecule has 2 atom stereocenters. The van der Waals surface area contributed by atoms with Gasteiger partial charge in [0, 0.05) is 47.2 Å². The number of hydrogen-bond acceptors (Lipinski definition) is 7. The molecule has 1 N–H and O–H groups in total. The van der Waals surface area contributed by atoms with Crippen LogP contribution in [0.3, 0.4) is 0 Å². The molecule has 3 aromatic rings. The van der Waals surface area contributed by atoms with Gasteiger partial charge in [0.15, 0.2) is 5.69 Å². The molecule has 0 bridgehead atoms. The number of rotatable bonds is 4. The Morgan fingerprint density at radius 3 is 2.55 bits per heavy atom. The number of aryl methyl sites for hydroxylation is 1. The fourth-order valence-electron chi connectivity index (χ4n) is 5.59. The van der Waals surface area contributed by atoms with Gasteiger partial charge in [-0.2, -0.15) is 5.26 Å². The number of fused-ring (bicyclic) bond motifs is 1. The molecular formula is C28H30Cl2N6OS. The van der Waals surface area contributed by atoms with E-state index in [-0.39, 0.29) is 32.1 Å². The van der Waals surface area contributed by atoms with Gasteiger partial charge >= 0.3 is 0 Å². The molecule has 0 radical (unpaired) electrons. The van der Waals surface area contributed by atoms with Crippen LogP contribution in [-0.4, -0.2) is 37.3 Å². The van der Waals surface area contributed by atoms with Crippen LogP contribution in [0.25, 0.3) is 11.1 Å². The monoisotopic (exact) mass is 568 g/mol. The summed E-state index contributed by atoms with van der Waals surface area (Å²) in [5, 5.41) is 10.4. The Morgan fingerprint density at radius 2 is 1.87 bits per heavy atom. The topological polar surface area (TPSA) is 101 Å². The molecule has 2 aromatic heterocycles. The molecule has 1 fully saturated rings. The van der Waals surface area contributed by atoms with Crippen molar-refractivity contribution in [2.24, 2.45) is 5.41 Å². The van der Waals surface area contributed by atoms with Crippen molar-refractivity contribution in [1.82, 2.24) is 19.7 Å². The average Bonchev–Trinajstić information content (AvgIpc) is 3.17. The second-order valence-corrected chi connectivity index (χ2v) is 13.8. The molecule has 0 amide bonds. The third-order valence-electron chi connectivity index (χ3n) is 7.64. The third-order valence-corrected chi connectivity index (χ3v) is 9.97. The van der Waals surface area contributed by atoms with E-state index < -0.39 is 11.4 Å². The summed E-state index contributed by atoms with van der Waals surface area (Å²) in [6.07, 6.45) is 4.27. The van der Waals surface area contributed by atoms with Gasteiger partial charge in [0.2, 0.25) is 5.95 Å². The highest BCUT2D eigenvalue weighted by Gasteiger charge is 2.50. The SMILES string of the molecule is Cc1nc(N2CCC3(CC2)Cc2ccccc2[C@H]3N[S@+]([O-])C(C)(C)C)nc(C#N)c1-c1ccnc(Cl)c1Cl. The van der Waals surface area contributed by atoms with Crippen molar-refractivity contribution < 1.29 is 4.55 Å². The van der Waals surface area contributed by atoms with Gasteiger partial charge in [-0.25, -0.2) is 15.0 Å². The van der Waals surface area contributed by atoms with Gasteiger partial charge in [-0.15, -0.1) is 4.72 Å². The molecule has 1 aromatic carbocycles. The van der Waals surface area contributed by atoms with Crippen molar-refractivity contribution in [3.8, 4) is 17.2 Å². The van der Waals surface area contributed by atoms with Crippen molar-refractivity contribution in [2.75, 3.05) is 18.0 Å². The number of aromatic nitrogens is 3. The first-order valence-electron chi connectivity index (χ1n) is 12.6. The smallest absolute Gasteiger partial charge is 0.226 e. The standard InChI is InChI=1S/C28H30Cl2N6OS/c1-17-22(20-9-12-32-25(30)23(20)29)21(16-31)34-26(33-17)36-13-10-28(11-14-36)15-18-7-5-6-8-19(18)24(28)35-38(37)27(2,3)4/h5-9,12,24,35H,10-11,13-15H2,1-4H3/t24-,38-/m1/s1. The lowest BCUT2D eigenvalue weighted by molar-refractivity contribution is 0.175. The molecule has 5 rings (SSSR count). The lowest BCUT2D eigenvalue weighted by Crippen LogP contribution is -2.50. The lowest BCUT2D eigenvalue weighted by atomic mass is 9.73. The predicted octanol–water partition coefficient (Wildman–Crippen LogP) is 5.96. The summed E-state index contributed by atoms with van der Waals surface area (Å²) < 4.78 is 16.3. The maximum Gasteiger partial charge on any atom is 0.226 e. The van der Waals surface area contributed by atoms with Crippen LogP contribution in [0.1, 0.15) is 62.2 Å². The number of halogens is 2. The quantitative estimate of drug-likeness (QED) is 0.306. The molecule has 2 aliphatic rings. The van der Waals surface area contributed by atoms with Crippen LogP contribution in [0.2, 0.25) is 10.2 Å². The number of piperidine rings is 1. The molecule has 7 nitrogen and oxygen atoms in total. The second-order valence-electron chi connectivity index (χ2n) is 11.1. The number of pyridine rings is 1. The van der Waals surface area contributed by atoms with Crippen LogP contribution < -0.4 is 9.62 Å². The van der Waals surface area contributed by atoms with Gasteiger partial charge < -0.3 is 9.45 Å². The molecule has 38 heavy (non-hydrogen) atoms. The number of anilines is 1. The molecule has 0 unspecified atom stereocenters. The summed E-state index contributed by atoms with van der Waals surface area (Å²) in [6.45, 7) is 9.31. The largest absolute Gasteiger partial charge is 0.598 e. The zero-order chi connectivity index (χ0) is 27.2. The Labute approximate surface area is 236 Å². The highest BCUT2D eigenvalue weighted by atomic mass is 35.5. The highest BCUT2D eigenvalue weighted by molar-refractivity contribution is 7.90. The van der Waals surface area contributed by atoms with Crippen molar-refractivity contribution in [3.05, 3.63) is 69.2 Å². The van der Waals surface area contributed by atoms with E-state index in [1.54, 1.807) is 12.3 Å². The Morgan fingerprint density at radius 1 is 1.16 bits per heavy atom. The first kappa shape index (κ1) is 27.2. The zero-order valence-corrected chi connectivity index (χ0v) is 24.2. The number of hydrogen-bond donors (Lipinski definition) is 1. The van der Waals surface area contributed by atoms with Crippen LogP contribution in [0.15, 0.2) is 36.5 Å². The van der Waals surface area contributed by atoms with Crippen LogP contribution in [0.5, 0.6) is 0 Å². The molecule has 10 heteroatoms. The van der Waals surface area contributed by atoms with Gasteiger partial charge in [-0.3, -0.25) is 0 Å². The Hall–Kier alpha value is -2.41. The number of nitrogens with one attached hydrogen (secondary N) is 1. The van der Waals surface area contributed by atoms with E-state index in [2.05, 4.69) is 49.9 Å². The van der Waals surface area contributed by atoms with Crippen molar-refractivity contribution >= 4 is 40.5 Å². The molecule has 198 valence electrons. The number of benzene rings is 1. The van der Waals surface area contributed by atoms with Crippen LogP contribution in [0, 0.1) is 23.7 Å². The van der Waals surface area contributed by atoms with E-state index in [4.69, 9.17) is 28.2 Å². The molecule has 0 saturated carbocycles. The lowest BCUT2D eigenvalue weighted by Gasteiger charge is -2.44. The molecular weight excluding hydrogens is 539 g/mol. The van der Waals surface area contributed by atoms with E-state index in [1.807, 2.05) is 27.7 Å². The number of nitrogens with zero attached hydrogens (tertiary/aromatic N) is 5. The van der Waals surface area contributed by atoms with E-state index in [1.165, 1.54) is 11.1 Å². The minimum Gasteiger partial charge on any atom is -0.598 e. The summed E-state index contributed by atoms with van der Waals surface area (Å²) in [4.78, 5) is 15.6. The van der Waals surface area contributed by atoms with Crippen molar-refractivity contribution in [1.29, 1.82) is 5.26 Å². The molecule has 3 heterocycles. The van der Waals surface area contributed by atoms with E-state index in [9.17, 15) is 9.81 Å².